The molecule has 320 valence electrons. The largest absolute Gasteiger partial charge is 0.464 e. The minimum atomic E-state index is -0.726. The number of likely N-dealkylation sites (N-methyl/N-ethyl adjacent to an activating group) is 1. The number of fused-ring (bicyclic) bond motifs is 1. The molecule has 0 spiro atoms. The van der Waals surface area contributed by atoms with Gasteiger partial charge in [0.15, 0.2) is 5.78 Å². The van der Waals surface area contributed by atoms with Gasteiger partial charge in [0.1, 0.15) is 6.04 Å². The number of methoxy groups -OCH3 is 1. The van der Waals surface area contributed by atoms with Gasteiger partial charge >= 0.3 is 5.97 Å². The van der Waals surface area contributed by atoms with Crippen LogP contribution >= 0.6 is 0 Å². The number of rotatable bonds is 9. The number of hydrogen-bond acceptors (Lipinski definition) is 7. The summed E-state index contributed by atoms with van der Waals surface area (Å²) in [6, 6.07) is 9.65. The van der Waals surface area contributed by atoms with Gasteiger partial charge in [-0.05, 0) is 138 Å². The fourth-order valence-electron chi connectivity index (χ4n) is 9.15. The molecule has 0 unspecified atom stereocenters. The van der Waals surface area contributed by atoms with Gasteiger partial charge in [-0.3, -0.25) is 19.4 Å². The average molecular weight is 807 g/mol. The second-order valence-corrected chi connectivity index (χ2v) is 17.7. The van der Waals surface area contributed by atoms with Crippen molar-refractivity contribution < 1.29 is 23.9 Å². The average Bonchev–Trinajstić information content (AvgIpc) is 3.88. The molecule has 5 rings (SSSR count). The Balaban J connectivity index is 1.56. The van der Waals surface area contributed by atoms with Crippen LogP contribution in [-0.2, 0) is 36.8 Å². The van der Waals surface area contributed by atoms with Crippen molar-refractivity contribution in [2.24, 2.45) is 17.3 Å². The maximum Gasteiger partial charge on any atom is 0.323 e. The lowest BCUT2D eigenvalue weighted by atomic mass is 9.84. The van der Waals surface area contributed by atoms with Gasteiger partial charge in [0.2, 0.25) is 5.91 Å². The Kier molecular flexibility index (Phi) is 16.1. The molecule has 4 atom stereocenters. The van der Waals surface area contributed by atoms with Gasteiger partial charge in [-0.25, -0.2) is 0 Å². The smallest absolute Gasteiger partial charge is 0.323 e. The molecular formula is C50H70N4O5. The molecule has 2 N–H and O–H groups in total. The molecule has 9 heteroatoms. The van der Waals surface area contributed by atoms with Crippen LogP contribution in [-0.4, -0.2) is 60.1 Å². The van der Waals surface area contributed by atoms with Crippen LogP contribution in [0.15, 0.2) is 66.9 Å². The fourth-order valence-corrected chi connectivity index (χ4v) is 9.15. The first-order valence-corrected chi connectivity index (χ1v) is 22.1. The topological polar surface area (TPSA) is 112 Å². The Morgan fingerprint density at radius 2 is 1.80 bits per heavy atom. The molecule has 0 saturated heterocycles. The number of Topliss-reactive ketones (excluding diaryl/α,β-unsaturated/α-hetero) is 1. The van der Waals surface area contributed by atoms with Gasteiger partial charge in [-0.15, -0.1) is 0 Å². The number of esters is 1. The number of ketones is 1. The standard InChI is InChI=1S/C50H70N4O5/c1-11-36-22-15-18-32(3)28-43(53-48(56)34(5)37-20-13-14-21-37)47(55)33(4)19-16-24-42(51-9)49(57)59-31-50(7,8)30-41-40-29-38(36)25-26-44(40)54(12-2)46(41)39-23-17-27-52-45(39)35(6)58-10/h17,22-23,25-27,29,34-35,37,42-43,51H,3-4,11-16,18-21,24,28,30-31H2,1-2,5-10H3,(H,53,56)/b36-22+/t34-,35-,42-,43-/m0/s1. The van der Waals surface area contributed by atoms with Crippen molar-refractivity contribution in [3.8, 4) is 11.3 Å². The maximum absolute atomic E-state index is 14.0. The lowest BCUT2D eigenvalue weighted by Gasteiger charge is -2.27. The first-order chi connectivity index (χ1) is 28.2. The fraction of sp³-hybridized carbons (Fsp3) is 0.560. The molecule has 2 bridgehead atoms. The number of aromatic nitrogens is 2. The minimum Gasteiger partial charge on any atom is -0.464 e. The summed E-state index contributed by atoms with van der Waals surface area (Å²) in [5.74, 6) is -0.371. The van der Waals surface area contributed by atoms with E-state index in [2.05, 4.69) is 86.4 Å². The van der Waals surface area contributed by atoms with Gasteiger partial charge in [-0.2, -0.15) is 0 Å². The van der Waals surface area contributed by atoms with E-state index >= 15 is 0 Å². The normalized spacial score (nSPS) is 22.6. The molecule has 59 heavy (non-hydrogen) atoms. The third-order valence-electron chi connectivity index (χ3n) is 12.8. The highest BCUT2D eigenvalue weighted by atomic mass is 16.5. The molecule has 1 amide bonds. The van der Waals surface area contributed by atoms with Crippen molar-refractivity contribution in [3.63, 3.8) is 0 Å². The second kappa shape index (κ2) is 20.8. The highest BCUT2D eigenvalue weighted by Gasteiger charge is 2.32. The number of amides is 1. The van der Waals surface area contributed by atoms with E-state index in [0.717, 1.165) is 78.7 Å². The quantitative estimate of drug-likeness (QED) is 0.126. The number of nitrogens with one attached hydrogen (secondary N) is 2. The molecule has 9 nitrogen and oxygen atoms in total. The zero-order valence-corrected chi connectivity index (χ0v) is 37.2. The van der Waals surface area contributed by atoms with Gasteiger partial charge in [0, 0.05) is 47.7 Å². The van der Waals surface area contributed by atoms with Crippen molar-refractivity contribution in [1.82, 2.24) is 20.2 Å². The Bertz CT molecular complexity index is 2020. The SMILES string of the molecule is C=C1CC/C=C(\CC)c2ccc3c(c2)c(c(-c2cccnc2[C@H](C)OC)n3CC)CC(C)(C)COC(=O)[C@@H](NC)CCCC(=C)C(=O)[C@@H](NC(=O)[C@@H](C)C2CCCC2)C1. The van der Waals surface area contributed by atoms with Gasteiger partial charge < -0.3 is 24.7 Å². The van der Waals surface area contributed by atoms with Crippen LogP contribution in [0, 0.1) is 17.3 Å². The molecular weight excluding hydrogens is 737 g/mol. The number of ether oxygens (including phenoxy) is 2. The highest BCUT2D eigenvalue weighted by molar-refractivity contribution is 6.01. The second-order valence-electron chi connectivity index (χ2n) is 17.7. The number of cyclic esters (lactones) is 1. The summed E-state index contributed by atoms with van der Waals surface area (Å²) in [7, 11) is 3.48. The van der Waals surface area contributed by atoms with Crippen molar-refractivity contribution in [1.29, 1.82) is 0 Å². The number of aryl methyl sites for hydroxylation is 1. The van der Waals surface area contributed by atoms with Crippen molar-refractivity contribution in [2.75, 3.05) is 20.8 Å². The monoisotopic (exact) mass is 807 g/mol. The number of allylic oxidation sites excluding steroid dienone is 2. The van der Waals surface area contributed by atoms with E-state index in [4.69, 9.17) is 14.5 Å². The zero-order chi connectivity index (χ0) is 42.9. The number of benzene rings is 1. The molecule has 3 aromatic rings. The van der Waals surface area contributed by atoms with E-state index in [-0.39, 0.29) is 36.3 Å². The van der Waals surface area contributed by atoms with Crippen molar-refractivity contribution in [2.45, 2.75) is 143 Å². The van der Waals surface area contributed by atoms with E-state index in [1.165, 1.54) is 16.5 Å². The number of carbonyl (C=O) groups excluding carboxylic acids is 3. The predicted molar refractivity (Wildman–Crippen MR) is 240 cm³/mol. The summed E-state index contributed by atoms with van der Waals surface area (Å²) in [6.45, 7) is 22.3. The van der Waals surface area contributed by atoms with Crippen molar-refractivity contribution in [3.05, 3.63) is 83.7 Å². The summed E-state index contributed by atoms with van der Waals surface area (Å²) < 4.78 is 14.3. The summed E-state index contributed by atoms with van der Waals surface area (Å²) in [5, 5.41) is 7.45. The minimum absolute atomic E-state index is 0.0749. The van der Waals surface area contributed by atoms with Crippen molar-refractivity contribution >= 4 is 34.1 Å². The Hall–Kier alpha value is -4.34. The molecule has 1 fully saturated rings. The lowest BCUT2D eigenvalue weighted by molar-refractivity contribution is -0.149. The molecule has 3 heterocycles. The molecule has 0 radical (unpaired) electrons. The number of nitrogens with zero attached hydrogens (tertiary/aromatic N) is 2. The number of carbonyl (C=O) groups is 3. The van der Waals surface area contributed by atoms with Gasteiger partial charge in [0.05, 0.1) is 30.1 Å². The van der Waals surface area contributed by atoms with Crippen LogP contribution in [0.2, 0.25) is 0 Å². The van der Waals surface area contributed by atoms with E-state index in [1.54, 1.807) is 14.2 Å². The van der Waals surface area contributed by atoms with Gasteiger partial charge in [0.25, 0.3) is 0 Å². The Labute approximate surface area is 353 Å². The molecule has 2 aromatic heterocycles. The highest BCUT2D eigenvalue weighted by Crippen LogP contribution is 2.42. The third-order valence-corrected chi connectivity index (χ3v) is 12.8. The molecule has 1 aliphatic heterocycles. The summed E-state index contributed by atoms with van der Waals surface area (Å²) >= 11 is 0. The summed E-state index contributed by atoms with van der Waals surface area (Å²) in [4.78, 5) is 46.0. The summed E-state index contributed by atoms with van der Waals surface area (Å²) in [6.07, 6.45) is 13.1. The van der Waals surface area contributed by atoms with E-state index < -0.39 is 17.5 Å². The summed E-state index contributed by atoms with van der Waals surface area (Å²) in [5.41, 5.74) is 8.70. The van der Waals surface area contributed by atoms with Crippen LogP contribution in [0.25, 0.3) is 27.7 Å². The first kappa shape index (κ1) is 45.7. The van der Waals surface area contributed by atoms with Crippen LogP contribution in [0.1, 0.15) is 135 Å². The lowest BCUT2D eigenvalue weighted by Crippen LogP contribution is -2.45. The van der Waals surface area contributed by atoms with E-state index in [1.807, 2.05) is 26.1 Å². The molecule has 1 aliphatic carbocycles. The maximum atomic E-state index is 14.0. The van der Waals surface area contributed by atoms with Crippen LogP contribution < -0.4 is 10.6 Å². The zero-order valence-electron chi connectivity index (χ0n) is 37.2. The molecule has 1 saturated carbocycles. The van der Waals surface area contributed by atoms with E-state index in [9.17, 15) is 14.4 Å². The Morgan fingerprint density at radius 3 is 2.47 bits per heavy atom. The van der Waals surface area contributed by atoms with Crippen LogP contribution in [0.4, 0.5) is 0 Å². The number of hydrogen-bond donors (Lipinski definition) is 2. The number of pyridine rings is 1. The van der Waals surface area contributed by atoms with E-state index in [0.29, 0.717) is 50.0 Å². The third kappa shape index (κ3) is 11.1. The first-order valence-electron chi connectivity index (χ1n) is 22.1. The van der Waals surface area contributed by atoms with Gasteiger partial charge in [-0.1, -0.05) is 71.4 Å². The molecule has 1 aromatic carbocycles. The van der Waals surface area contributed by atoms with Crippen LogP contribution in [0.5, 0.6) is 0 Å². The Morgan fingerprint density at radius 1 is 1.05 bits per heavy atom. The predicted octanol–water partition coefficient (Wildman–Crippen LogP) is 10.3. The van der Waals surface area contributed by atoms with Crippen LogP contribution in [0.3, 0.4) is 0 Å². The molecule has 2 aliphatic rings.